The Balaban J connectivity index is 1.57. The molecule has 1 atom stereocenters. The predicted octanol–water partition coefficient (Wildman–Crippen LogP) is 2.15. The Morgan fingerprint density at radius 2 is 2.12 bits per heavy atom. The Hall–Kier alpha value is -1.70. The molecule has 0 N–H and O–H groups in total. The highest BCUT2D eigenvalue weighted by molar-refractivity contribution is 7.89. The summed E-state index contributed by atoms with van der Waals surface area (Å²) in [4.78, 5) is 0.401. The molecule has 1 saturated heterocycles. The number of benzene rings is 1. The van der Waals surface area contributed by atoms with Gasteiger partial charge in [-0.25, -0.2) is 8.42 Å². The summed E-state index contributed by atoms with van der Waals surface area (Å²) >= 11 is 0. The Labute approximate surface area is 148 Å². The molecule has 1 unspecified atom stereocenters. The van der Waals surface area contributed by atoms with Crippen molar-refractivity contribution in [2.45, 2.75) is 43.7 Å². The molecule has 1 aliphatic heterocycles. The number of sulfonamides is 1. The van der Waals surface area contributed by atoms with Gasteiger partial charge in [-0.15, -0.1) is 0 Å². The van der Waals surface area contributed by atoms with Gasteiger partial charge in [-0.3, -0.25) is 4.68 Å². The molecule has 25 heavy (non-hydrogen) atoms. The van der Waals surface area contributed by atoms with Crippen molar-refractivity contribution in [3.05, 3.63) is 47.3 Å². The molecule has 134 valence electrons. The van der Waals surface area contributed by atoms with Gasteiger partial charge in [-0.05, 0) is 49.4 Å². The lowest BCUT2D eigenvalue weighted by molar-refractivity contribution is -0.00260. The number of rotatable bonds is 4. The third-order valence-corrected chi connectivity index (χ3v) is 6.95. The van der Waals surface area contributed by atoms with Gasteiger partial charge in [-0.1, -0.05) is 6.07 Å². The molecule has 1 fully saturated rings. The van der Waals surface area contributed by atoms with Crippen LogP contribution in [0, 0.1) is 0 Å². The first kappa shape index (κ1) is 16.8. The zero-order valence-corrected chi connectivity index (χ0v) is 15.2. The molecular formula is C18H23N3O3S. The molecule has 0 saturated carbocycles. The first-order valence-corrected chi connectivity index (χ1v) is 10.3. The monoisotopic (exact) mass is 361 g/mol. The van der Waals surface area contributed by atoms with Gasteiger partial charge in [0, 0.05) is 31.4 Å². The zero-order chi connectivity index (χ0) is 17.4. The fourth-order valence-corrected chi connectivity index (χ4v) is 5.10. The van der Waals surface area contributed by atoms with Crippen LogP contribution < -0.4 is 0 Å². The molecule has 0 radical (unpaired) electrons. The van der Waals surface area contributed by atoms with E-state index in [2.05, 4.69) is 5.10 Å². The van der Waals surface area contributed by atoms with Crippen LogP contribution in [0.2, 0.25) is 0 Å². The third kappa shape index (κ3) is 3.12. The quantitative estimate of drug-likeness (QED) is 0.837. The minimum Gasteiger partial charge on any atom is -0.371 e. The van der Waals surface area contributed by atoms with Crippen molar-refractivity contribution < 1.29 is 13.2 Å². The molecule has 1 aliphatic carbocycles. The lowest BCUT2D eigenvalue weighted by atomic mass is 10.1. The summed E-state index contributed by atoms with van der Waals surface area (Å²) < 4.78 is 35.3. The fraction of sp³-hybridized carbons (Fsp3) is 0.500. The summed E-state index contributed by atoms with van der Waals surface area (Å²) in [6.07, 6.45) is 6.56. The second-order valence-electron chi connectivity index (χ2n) is 6.64. The van der Waals surface area contributed by atoms with E-state index in [1.807, 2.05) is 29.9 Å². The van der Waals surface area contributed by atoms with Crippen LogP contribution in [0.15, 0.2) is 35.5 Å². The first-order valence-electron chi connectivity index (χ1n) is 8.84. The summed E-state index contributed by atoms with van der Waals surface area (Å²) in [7, 11) is -3.50. The molecule has 2 aromatic rings. The van der Waals surface area contributed by atoms with E-state index in [0.717, 1.165) is 31.4 Å². The van der Waals surface area contributed by atoms with Crippen molar-refractivity contribution in [1.82, 2.24) is 14.1 Å². The Kier molecular flexibility index (Phi) is 4.39. The molecule has 6 nitrogen and oxygen atoms in total. The molecule has 2 heterocycles. The lowest BCUT2D eigenvalue weighted by Gasteiger charge is -2.31. The highest BCUT2D eigenvalue weighted by atomic mass is 32.2. The van der Waals surface area contributed by atoms with Crippen LogP contribution in [0.1, 0.15) is 36.1 Å². The van der Waals surface area contributed by atoms with Crippen LogP contribution in [-0.4, -0.2) is 42.2 Å². The van der Waals surface area contributed by atoms with Gasteiger partial charge in [0.25, 0.3) is 0 Å². The molecule has 0 amide bonds. The SMILES string of the molecule is CCn1cc(C2CN(S(=O)(=O)c3ccc4c(c3)CCC4)CCO2)cn1. The van der Waals surface area contributed by atoms with Gasteiger partial charge < -0.3 is 4.74 Å². The van der Waals surface area contributed by atoms with E-state index >= 15 is 0 Å². The highest BCUT2D eigenvalue weighted by Crippen LogP contribution is 2.29. The molecular weight excluding hydrogens is 338 g/mol. The van der Waals surface area contributed by atoms with Crippen molar-refractivity contribution in [3.8, 4) is 0 Å². The molecule has 2 aliphatic rings. The Morgan fingerprint density at radius 3 is 2.92 bits per heavy atom. The van der Waals surface area contributed by atoms with E-state index in [9.17, 15) is 8.42 Å². The van der Waals surface area contributed by atoms with Crippen molar-refractivity contribution in [2.24, 2.45) is 0 Å². The molecule has 1 aromatic carbocycles. The van der Waals surface area contributed by atoms with E-state index in [1.165, 1.54) is 11.1 Å². The number of fused-ring (bicyclic) bond motifs is 1. The molecule has 1 aromatic heterocycles. The molecule has 0 spiro atoms. The average molecular weight is 361 g/mol. The smallest absolute Gasteiger partial charge is 0.243 e. The number of nitrogens with zero attached hydrogens (tertiary/aromatic N) is 3. The van der Waals surface area contributed by atoms with Gasteiger partial charge >= 0.3 is 0 Å². The van der Waals surface area contributed by atoms with E-state index in [1.54, 1.807) is 16.6 Å². The van der Waals surface area contributed by atoms with Gasteiger partial charge in [0.2, 0.25) is 10.0 Å². The van der Waals surface area contributed by atoms with E-state index in [4.69, 9.17) is 4.74 Å². The summed E-state index contributed by atoms with van der Waals surface area (Å²) in [5, 5.41) is 4.26. The molecule has 7 heteroatoms. The Morgan fingerprint density at radius 1 is 1.28 bits per heavy atom. The van der Waals surface area contributed by atoms with Crippen LogP contribution in [0.5, 0.6) is 0 Å². The maximum atomic E-state index is 13.1. The van der Waals surface area contributed by atoms with Crippen LogP contribution in [-0.2, 0) is 34.1 Å². The van der Waals surface area contributed by atoms with Crippen molar-refractivity contribution in [3.63, 3.8) is 0 Å². The van der Waals surface area contributed by atoms with E-state index < -0.39 is 10.0 Å². The predicted molar refractivity (Wildman–Crippen MR) is 93.8 cm³/mol. The highest BCUT2D eigenvalue weighted by Gasteiger charge is 2.32. The second kappa shape index (κ2) is 6.55. The summed E-state index contributed by atoms with van der Waals surface area (Å²) in [5.41, 5.74) is 3.39. The number of aryl methyl sites for hydroxylation is 3. The third-order valence-electron chi connectivity index (χ3n) is 5.09. The van der Waals surface area contributed by atoms with Gasteiger partial charge in [0.1, 0.15) is 0 Å². The minimum atomic E-state index is -3.50. The zero-order valence-electron chi connectivity index (χ0n) is 14.4. The van der Waals surface area contributed by atoms with Crippen LogP contribution in [0.25, 0.3) is 0 Å². The summed E-state index contributed by atoms with van der Waals surface area (Å²) in [6.45, 7) is 3.91. The maximum absolute atomic E-state index is 13.1. The van der Waals surface area contributed by atoms with Crippen molar-refractivity contribution in [1.29, 1.82) is 0 Å². The van der Waals surface area contributed by atoms with Crippen LogP contribution in [0.3, 0.4) is 0 Å². The van der Waals surface area contributed by atoms with Crippen molar-refractivity contribution in [2.75, 3.05) is 19.7 Å². The van der Waals surface area contributed by atoms with Crippen LogP contribution >= 0.6 is 0 Å². The first-order chi connectivity index (χ1) is 12.1. The van der Waals surface area contributed by atoms with Gasteiger partial charge in [0.15, 0.2) is 0 Å². The number of ether oxygens (including phenoxy) is 1. The maximum Gasteiger partial charge on any atom is 0.243 e. The lowest BCUT2D eigenvalue weighted by Crippen LogP contribution is -2.42. The average Bonchev–Trinajstić information content (AvgIpc) is 3.30. The molecule has 4 rings (SSSR count). The Bertz CT molecular complexity index is 875. The number of aromatic nitrogens is 2. The summed E-state index contributed by atoms with van der Waals surface area (Å²) in [6, 6.07) is 5.58. The standard InChI is InChI=1S/C18H23N3O3S/c1-2-20-12-16(11-19-20)18-13-21(8-9-24-18)25(22,23)17-7-6-14-4-3-5-15(14)10-17/h6-7,10-12,18H,2-5,8-9,13H2,1H3. The van der Waals surface area contributed by atoms with Crippen molar-refractivity contribution >= 4 is 10.0 Å². The largest absolute Gasteiger partial charge is 0.371 e. The number of morpholine rings is 1. The fourth-order valence-electron chi connectivity index (χ4n) is 3.62. The van der Waals surface area contributed by atoms with Crippen LogP contribution in [0.4, 0.5) is 0 Å². The van der Waals surface area contributed by atoms with Gasteiger partial charge in [0.05, 0.1) is 23.8 Å². The number of hydrogen-bond acceptors (Lipinski definition) is 4. The second-order valence-corrected chi connectivity index (χ2v) is 8.57. The van der Waals surface area contributed by atoms with E-state index in [-0.39, 0.29) is 6.10 Å². The minimum absolute atomic E-state index is 0.266. The normalized spacial score (nSPS) is 21.4. The topological polar surface area (TPSA) is 64.4 Å². The molecule has 0 bridgehead atoms. The van der Waals surface area contributed by atoms with E-state index in [0.29, 0.717) is 24.6 Å². The number of hydrogen-bond donors (Lipinski definition) is 0. The summed E-state index contributed by atoms with van der Waals surface area (Å²) in [5.74, 6) is 0. The van der Waals surface area contributed by atoms with Gasteiger partial charge in [-0.2, -0.15) is 9.40 Å².